The first-order valence-corrected chi connectivity index (χ1v) is 12.7. The second-order valence-corrected chi connectivity index (χ2v) is 9.97. The number of hydrogen-bond donors (Lipinski definition) is 3. The number of sulfonamides is 1. The fourth-order valence-corrected chi connectivity index (χ4v) is 5.14. The molecule has 10 nitrogen and oxygen atoms in total. The average Bonchev–Trinajstić information content (AvgIpc) is 3.49. The molecular weight excluding hydrogens is 478 g/mol. The van der Waals surface area contributed by atoms with Gasteiger partial charge in [-0.3, -0.25) is 19.1 Å². The molecule has 1 saturated heterocycles. The monoisotopic (exact) mass is 499 g/mol. The Hall–Kier alpha value is -3.77. The Labute approximate surface area is 200 Å². The number of aromatic nitrogens is 1. The zero-order valence-corrected chi connectivity index (χ0v) is 19.5. The molecule has 1 aliphatic heterocycles. The first-order valence-electron chi connectivity index (χ1n) is 10.3. The van der Waals surface area contributed by atoms with Crippen molar-refractivity contribution in [1.82, 2.24) is 10.3 Å². The van der Waals surface area contributed by atoms with Gasteiger partial charge in [0.2, 0.25) is 11.8 Å². The molecular formula is C22H21N5O5S2. The van der Waals surface area contributed by atoms with Crippen molar-refractivity contribution < 1.29 is 22.8 Å². The number of amides is 3. The van der Waals surface area contributed by atoms with Crippen molar-refractivity contribution in [2.75, 3.05) is 28.0 Å². The van der Waals surface area contributed by atoms with Gasteiger partial charge in [0.15, 0.2) is 5.13 Å². The second kappa shape index (κ2) is 10.0. The van der Waals surface area contributed by atoms with E-state index < -0.39 is 21.8 Å². The number of carbonyl (C=O) groups is 3. The summed E-state index contributed by atoms with van der Waals surface area (Å²) in [6, 6.07) is 12.2. The summed E-state index contributed by atoms with van der Waals surface area (Å²) in [5, 5.41) is 7.05. The number of rotatable bonds is 8. The molecule has 3 aromatic rings. The van der Waals surface area contributed by atoms with Crippen molar-refractivity contribution in [1.29, 1.82) is 0 Å². The summed E-state index contributed by atoms with van der Waals surface area (Å²) in [5.74, 6) is -0.830. The van der Waals surface area contributed by atoms with E-state index in [4.69, 9.17) is 0 Å². The maximum absolute atomic E-state index is 12.4. The zero-order chi connectivity index (χ0) is 24.1. The van der Waals surface area contributed by atoms with Crippen molar-refractivity contribution >= 4 is 55.6 Å². The van der Waals surface area contributed by atoms with Crippen LogP contribution in [0.5, 0.6) is 0 Å². The highest BCUT2D eigenvalue weighted by Crippen LogP contribution is 2.22. The minimum Gasteiger partial charge on any atom is -0.343 e. The third-order valence-corrected chi connectivity index (χ3v) is 7.20. The Kier molecular flexibility index (Phi) is 6.89. The molecule has 3 amide bonds. The van der Waals surface area contributed by atoms with Crippen molar-refractivity contribution in [3.63, 3.8) is 0 Å². The quantitative estimate of drug-likeness (QED) is 0.435. The molecule has 0 spiro atoms. The number of nitrogens with zero attached hydrogens (tertiary/aromatic N) is 2. The summed E-state index contributed by atoms with van der Waals surface area (Å²) in [5.41, 5.74) is 1.49. The maximum atomic E-state index is 12.4. The molecule has 0 saturated carbocycles. The third-order valence-electron chi connectivity index (χ3n) is 5.03. The molecule has 0 unspecified atom stereocenters. The van der Waals surface area contributed by atoms with Gasteiger partial charge in [0.1, 0.15) is 0 Å². The molecule has 34 heavy (non-hydrogen) atoms. The molecule has 0 aliphatic carbocycles. The second-order valence-electron chi connectivity index (χ2n) is 7.39. The molecule has 12 heteroatoms. The summed E-state index contributed by atoms with van der Waals surface area (Å²) in [4.78, 5) is 41.9. The van der Waals surface area contributed by atoms with E-state index in [0.717, 1.165) is 23.4 Å². The summed E-state index contributed by atoms with van der Waals surface area (Å²) in [7, 11) is -3.79. The standard InChI is InChI=1S/C22H21N5O5S2/c28-19(14-24-21(30)15-3-7-17(8-4-15)27-12-1-2-20(27)29)25-16-5-9-18(10-6-16)34(31,32)26-22-23-11-13-33-22/h3-11,13H,1-2,12,14H2,(H,23,26)(H,24,30)(H,25,28). The molecule has 4 rings (SSSR count). The van der Waals surface area contributed by atoms with Crippen LogP contribution in [0.15, 0.2) is 65.0 Å². The van der Waals surface area contributed by atoms with Crippen LogP contribution in [0.25, 0.3) is 0 Å². The van der Waals surface area contributed by atoms with Crippen LogP contribution in [-0.4, -0.2) is 44.2 Å². The fourth-order valence-electron chi connectivity index (χ4n) is 3.35. The van der Waals surface area contributed by atoms with Gasteiger partial charge in [0.05, 0.1) is 11.4 Å². The fraction of sp³-hybridized carbons (Fsp3) is 0.182. The van der Waals surface area contributed by atoms with E-state index >= 15 is 0 Å². The van der Waals surface area contributed by atoms with Gasteiger partial charge >= 0.3 is 0 Å². The molecule has 0 bridgehead atoms. The lowest BCUT2D eigenvalue weighted by atomic mass is 10.2. The van der Waals surface area contributed by atoms with Crippen LogP contribution in [-0.2, 0) is 19.6 Å². The van der Waals surface area contributed by atoms with E-state index in [0.29, 0.717) is 24.2 Å². The Morgan fingerprint density at radius 1 is 1.06 bits per heavy atom. The molecule has 1 aromatic heterocycles. The van der Waals surface area contributed by atoms with Crippen molar-refractivity contribution in [2.24, 2.45) is 0 Å². The lowest BCUT2D eigenvalue weighted by molar-refractivity contribution is -0.117. The van der Waals surface area contributed by atoms with E-state index in [1.165, 1.54) is 30.5 Å². The molecule has 1 fully saturated rings. The van der Waals surface area contributed by atoms with E-state index in [1.54, 1.807) is 34.5 Å². The van der Waals surface area contributed by atoms with Gasteiger partial charge in [-0.25, -0.2) is 13.4 Å². The lowest BCUT2D eigenvalue weighted by Gasteiger charge is -2.15. The van der Waals surface area contributed by atoms with Crippen LogP contribution in [0.3, 0.4) is 0 Å². The summed E-state index contributed by atoms with van der Waals surface area (Å²) in [6.45, 7) is 0.399. The van der Waals surface area contributed by atoms with Gasteiger partial charge in [0.25, 0.3) is 15.9 Å². The van der Waals surface area contributed by atoms with Gasteiger partial charge in [-0.2, -0.15) is 0 Å². The molecule has 2 heterocycles. The molecule has 0 atom stereocenters. The minimum atomic E-state index is -3.79. The van der Waals surface area contributed by atoms with Gasteiger partial charge in [-0.15, -0.1) is 11.3 Å². The Bertz CT molecular complexity index is 1290. The summed E-state index contributed by atoms with van der Waals surface area (Å²) >= 11 is 1.16. The van der Waals surface area contributed by atoms with E-state index in [1.807, 2.05) is 0 Å². The highest BCUT2D eigenvalue weighted by molar-refractivity contribution is 7.93. The molecule has 0 radical (unpaired) electrons. The number of nitrogens with one attached hydrogen (secondary N) is 3. The third kappa shape index (κ3) is 5.58. The van der Waals surface area contributed by atoms with Crippen LogP contribution < -0.4 is 20.3 Å². The Morgan fingerprint density at radius 2 is 1.79 bits per heavy atom. The van der Waals surface area contributed by atoms with Crippen molar-refractivity contribution in [3.8, 4) is 0 Å². The van der Waals surface area contributed by atoms with Crippen LogP contribution in [0.4, 0.5) is 16.5 Å². The molecule has 176 valence electrons. The predicted octanol–water partition coefficient (Wildman–Crippen LogP) is 2.44. The molecule has 3 N–H and O–H groups in total. The summed E-state index contributed by atoms with van der Waals surface area (Å²) < 4.78 is 27.1. The first-order chi connectivity index (χ1) is 16.3. The number of benzene rings is 2. The maximum Gasteiger partial charge on any atom is 0.263 e. The Balaban J connectivity index is 1.28. The van der Waals surface area contributed by atoms with E-state index in [2.05, 4.69) is 20.3 Å². The van der Waals surface area contributed by atoms with Crippen molar-refractivity contribution in [2.45, 2.75) is 17.7 Å². The predicted molar refractivity (Wildman–Crippen MR) is 128 cm³/mol. The number of anilines is 3. The van der Waals surface area contributed by atoms with Crippen LogP contribution in [0.2, 0.25) is 0 Å². The highest BCUT2D eigenvalue weighted by atomic mass is 32.2. The average molecular weight is 500 g/mol. The number of thiazole rings is 1. The van der Waals surface area contributed by atoms with Gasteiger partial charge in [0, 0.05) is 41.5 Å². The van der Waals surface area contributed by atoms with E-state index in [9.17, 15) is 22.8 Å². The normalized spacial score (nSPS) is 13.5. The first kappa shape index (κ1) is 23.4. The van der Waals surface area contributed by atoms with Gasteiger partial charge < -0.3 is 15.5 Å². The topological polar surface area (TPSA) is 138 Å². The minimum absolute atomic E-state index is 0.0214. The van der Waals surface area contributed by atoms with Crippen LogP contribution in [0, 0.1) is 0 Å². The van der Waals surface area contributed by atoms with Gasteiger partial charge in [-0.05, 0) is 55.0 Å². The lowest BCUT2D eigenvalue weighted by Crippen LogP contribution is -2.32. The largest absolute Gasteiger partial charge is 0.343 e. The van der Waals surface area contributed by atoms with Crippen LogP contribution >= 0.6 is 11.3 Å². The molecule has 2 aromatic carbocycles. The Morgan fingerprint density at radius 3 is 2.41 bits per heavy atom. The van der Waals surface area contributed by atoms with E-state index in [-0.39, 0.29) is 22.5 Å². The van der Waals surface area contributed by atoms with Gasteiger partial charge in [-0.1, -0.05) is 0 Å². The smallest absolute Gasteiger partial charge is 0.263 e. The highest BCUT2D eigenvalue weighted by Gasteiger charge is 2.22. The SMILES string of the molecule is O=C(CNC(=O)c1ccc(N2CCCC2=O)cc1)Nc1ccc(S(=O)(=O)Nc2nccs2)cc1. The zero-order valence-electron chi connectivity index (χ0n) is 17.9. The van der Waals surface area contributed by atoms with Crippen LogP contribution in [0.1, 0.15) is 23.2 Å². The van der Waals surface area contributed by atoms with Crippen molar-refractivity contribution in [3.05, 3.63) is 65.7 Å². The number of hydrogen-bond acceptors (Lipinski definition) is 7. The summed E-state index contributed by atoms with van der Waals surface area (Å²) in [6.07, 6.45) is 2.84. The number of carbonyl (C=O) groups excluding carboxylic acids is 3. The molecule has 1 aliphatic rings.